The minimum Gasteiger partial charge on any atom is -0.399 e. The molecule has 14 heavy (non-hydrogen) atoms. The quantitative estimate of drug-likeness (QED) is 0.717. The predicted molar refractivity (Wildman–Crippen MR) is 65.0 cm³/mol. The highest BCUT2D eigenvalue weighted by Crippen LogP contribution is 2.24. The van der Waals surface area contributed by atoms with Crippen LogP contribution in [0.25, 0.3) is 0 Å². The third kappa shape index (κ3) is 1.98. The molecule has 3 heteroatoms. The Hall–Kier alpha value is -0.830. The standard InChI is InChI=1S/C11H16N2S/c1-9-8-14-6-5-13(9)11-4-2-3-10(12)7-11/h2-4,7,9H,5-6,8,12H2,1H3. The highest BCUT2D eigenvalue weighted by molar-refractivity contribution is 7.99. The van der Waals surface area contributed by atoms with Gasteiger partial charge in [-0.15, -0.1) is 0 Å². The summed E-state index contributed by atoms with van der Waals surface area (Å²) in [6, 6.07) is 8.79. The lowest BCUT2D eigenvalue weighted by atomic mass is 10.2. The fourth-order valence-electron chi connectivity index (χ4n) is 1.81. The largest absolute Gasteiger partial charge is 0.399 e. The summed E-state index contributed by atoms with van der Waals surface area (Å²) >= 11 is 2.03. The molecule has 1 aromatic carbocycles. The highest BCUT2D eigenvalue weighted by atomic mass is 32.2. The summed E-state index contributed by atoms with van der Waals surface area (Å²) in [4.78, 5) is 2.44. The first kappa shape index (κ1) is 9.71. The van der Waals surface area contributed by atoms with E-state index in [0.717, 1.165) is 12.2 Å². The van der Waals surface area contributed by atoms with E-state index in [1.807, 2.05) is 23.9 Å². The van der Waals surface area contributed by atoms with E-state index in [4.69, 9.17) is 5.73 Å². The Kier molecular flexibility index (Phi) is 2.87. The van der Waals surface area contributed by atoms with Crippen molar-refractivity contribution in [1.29, 1.82) is 0 Å². The average molecular weight is 208 g/mol. The zero-order chi connectivity index (χ0) is 9.97. The van der Waals surface area contributed by atoms with Gasteiger partial charge in [0.1, 0.15) is 0 Å². The van der Waals surface area contributed by atoms with Crippen LogP contribution < -0.4 is 10.6 Å². The molecule has 0 aliphatic carbocycles. The number of thioether (sulfide) groups is 1. The number of hydrogen-bond acceptors (Lipinski definition) is 3. The fourth-order valence-corrected chi connectivity index (χ4v) is 2.83. The zero-order valence-corrected chi connectivity index (χ0v) is 9.26. The van der Waals surface area contributed by atoms with E-state index in [1.165, 1.54) is 17.2 Å². The van der Waals surface area contributed by atoms with Gasteiger partial charge in [0.15, 0.2) is 0 Å². The van der Waals surface area contributed by atoms with Crippen LogP contribution in [0.3, 0.4) is 0 Å². The van der Waals surface area contributed by atoms with Crippen LogP contribution in [0.15, 0.2) is 24.3 Å². The maximum absolute atomic E-state index is 5.78. The minimum absolute atomic E-state index is 0.621. The van der Waals surface area contributed by atoms with Crippen molar-refractivity contribution in [3.63, 3.8) is 0 Å². The summed E-state index contributed by atoms with van der Waals surface area (Å²) in [7, 11) is 0. The summed E-state index contributed by atoms with van der Waals surface area (Å²) in [5, 5.41) is 0. The van der Waals surface area contributed by atoms with E-state index >= 15 is 0 Å². The third-order valence-corrected chi connectivity index (χ3v) is 3.76. The molecule has 1 fully saturated rings. The number of hydrogen-bond donors (Lipinski definition) is 1. The van der Waals surface area contributed by atoms with Gasteiger partial charge in [-0.3, -0.25) is 0 Å². The molecule has 1 heterocycles. The smallest absolute Gasteiger partial charge is 0.0389 e. The van der Waals surface area contributed by atoms with Crippen molar-refractivity contribution in [3.05, 3.63) is 24.3 Å². The lowest BCUT2D eigenvalue weighted by molar-refractivity contribution is 0.700. The third-order valence-electron chi connectivity index (χ3n) is 2.57. The molecule has 1 unspecified atom stereocenters. The zero-order valence-electron chi connectivity index (χ0n) is 8.44. The monoisotopic (exact) mass is 208 g/mol. The molecule has 0 bridgehead atoms. The maximum atomic E-state index is 5.78. The Morgan fingerprint density at radius 1 is 1.50 bits per heavy atom. The molecule has 1 saturated heterocycles. The Labute approximate surface area is 89.5 Å². The van der Waals surface area contributed by atoms with E-state index in [1.54, 1.807) is 0 Å². The number of nitrogens with two attached hydrogens (primary N) is 1. The molecule has 0 radical (unpaired) electrons. The summed E-state index contributed by atoms with van der Waals surface area (Å²) < 4.78 is 0. The van der Waals surface area contributed by atoms with Crippen LogP contribution >= 0.6 is 11.8 Å². The molecule has 0 saturated carbocycles. The summed E-state index contributed by atoms with van der Waals surface area (Å²) in [6.45, 7) is 3.41. The number of benzene rings is 1. The van der Waals surface area contributed by atoms with Gasteiger partial charge in [0.25, 0.3) is 0 Å². The Morgan fingerprint density at radius 2 is 2.36 bits per heavy atom. The van der Waals surface area contributed by atoms with Gasteiger partial charge in [0.05, 0.1) is 0 Å². The SMILES string of the molecule is CC1CSCCN1c1cccc(N)c1. The van der Waals surface area contributed by atoms with Gasteiger partial charge in [-0.1, -0.05) is 6.07 Å². The van der Waals surface area contributed by atoms with Crippen LogP contribution in [0, 0.1) is 0 Å². The van der Waals surface area contributed by atoms with Crippen LogP contribution in [0.5, 0.6) is 0 Å². The van der Waals surface area contributed by atoms with Crippen molar-refractivity contribution in [2.75, 3.05) is 28.7 Å². The number of anilines is 2. The molecular weight excluding hydrogens is 192 g/mol. The average Bonchev–Trinajstić information content (AvgIpc) is 2.18. The molecule has 1 aliphatic heterocycles. The molecule has 2 rings (SSSR count). The Bertz CT molecular complexity index is 314. The first-order valence-corrected chi connectivity index (χ1v) is 6.13. The van der Waals surface area contributed by atoms with Crippen molar-refractivity contribution in [2.24, 2.45) is 0 Å². The van der Waals surface area contributed by atoms with E-state index in [9.17, 15) is 0 Å². The Balaban J connectivity index is 2.20. The van der Waals surface area contributed by atoms with Crippen molar-refractivity contribution in [2.45, 2.75) is 13.0 Å². The molecule has 76 valence electrons. The second-order valence-corrected chi connectivity index (χ2v) is 4.86. The first-order chi connectivity index (χ1) is 6.77. The van der Waals surface area contributed by atoms with Crippen LogP contribution in [0.1, 0.15) is 6.92 Å². The molecule has 2 nitrogen and oxygen atoms in total. The number of rotatable bonds is 1. The molecule has 1 aliphatic rings. The first-order valence-electron chi connectivity index (χ1n) is 4.97. The number of nitrogen functional groups attached to an aromatic ring is 1. The molecule has 1 aromatic rings. The maximum Gasteiger partial charge on any atom is 0.0389 e. The van der Waals surface area contributed by atoms with Gasteiger partial charge in [-0.2, -0.15) is 11.8 Å². The minimum atomic E-state index is 0.621. The Morgan fingerprint density at radius 3 is 3.07 bits per heavy atom. The van der Waals surface area contributed by atoms with Crippen LogP contribution in [-0.2, 0) is 0 Å². The number of nitrogens with zero attached hydrogens (tertiary/aromatic N) is 1. The van der Waals surface area contributed by atoms with Gasteiger partial charge >= 0.3 is 0 Å². The van der Waals surface area contributed by atoms with E-state index in [-0.39, 0.29) is 0 Å². The van der Waals surface area contributed by atoms with Crippen LogP contribution in [-0.4, -0.2) is 24.1 Å². The molecular formula is C11H16N2S. The second-order valence-electron chi connectivity index (χ2n) is 3.71. The van der Waals surface area contributed by atoms with E-state index < -0.39 is 0 Å². The summed E-state index contributed by atoms with van der Waals surface area (Å²) in [5.74, 6) is 2.44. The van der Waals surface area contributed by atoms with Gasteiger partial charge in [0, 0.05) is 35.5 Å². The second kappa shape index (κ2) is 4.13. The van der Waals surface area contributed by atoms with Crippen molar-refractivity contribution in [1.82, 2.24) is 0 Å². The molecule has 2 N–H and O–H groups in total. The van der Waals surface area contributed by atoms with Gasteiger partial charge in [0.2, 0.25) is 0 Å². The topological polar surface area (TPSA) is 29.3 Å². The predicted octanol–water partition coefficient (Wildman–Crippen LogP) is 2.21. The van der Waals surface area contributed by atoms with Crippen molar-refractivity contribution >= 4 is 23.1 Å². The highest BCUT2D eigenvalue weighted by Gasteiger charge is 2.18. The molecule has 0 amide bonds. The van der Waals surface area contributed by atoms with Gasteiger partial charge < -0.3 is 10.6 Å². The van der Waals surface area contributed by atoms with E-state index in [2.05, 4.69) is 24.0 Å². The van der Waals surface area contributed by atoms with Crippen molar-refractivity contribution < 1.29 is 0 Å². The molecule has 1 atom stereocenters. The van der Waals surface area contributed by atoms with E-state index in [0.29, 0.717) is 6.04 Å². The van der Waals surface area contributed by atoms with Crippen molar-refractivity contribution in [3.8, 4) is 0 Å². The van der Waals surface area contributed by atoms with Gasteiger partial charge in [-0.25, -0.2) is 0 Å². The normalized spacial score (nSPS) is 22.4. The summed E-state index contributed by atoms with van der Waals surface area (Å²) in [6.07, 6.45) is 0. The lowest BCUT2D eigenvalue weighted by Crippen LogP contribution is -2.40. The molecule has 0 aromatic heterocycles. The lowest BCUT2D eigenvalue weighted by Gasteiger charge is -2.35. The van der Waals surface area contributed by atoms with Crippen LogP contribution in [0.4, 0.5) is 11.4 Å². The molecule has 0 spiro atoms. The fraction of sp³-hybridized carbons (Fsp3) is 0.455. The summed E-state index contributed by atoms with van der Waals surface area (Å²) in [5.41, 5.74) is 7.90. The van der Waals surface area contributed by atoms with Gasteiger partial charge in [-0.05, 0) is 25.1 Å². The van der Waals surface area contributed by atoms with Crippen LogP contribution in [0.2, 0.25) is 0 Å².